The number of hydrogen-bond acceptors (Lipinski definition) is 2. The molecule has 1 nitrogen and oxygen atoms in total. The van der Waals surface area contributed by atoms with Crippen molar-refractivity contribution in [2.24, 2.45) is 29.6 Å². The summed E-state index contributed by atoms with van der Waals surface area (Å²) in [5, 5.41) is 3.82. The van der Waals surface area contributed by atoms with Crippen molar-refractivity contribution in [2.45, 2.75) is 46.1 Å². The van der Waals surface area contributed by atoms with Crippen molar-refractivity contribution in [3.8, 4) is 0 Å². The van der Waals surface area contributed by atoms with Gasteiger partial charge in [0.2, 0.25) is 0 Å². The zero-order valence-corrected chi connectivity index (χ0v) is 13.1. The number of hydrogen-bond donors (Lipinski definition) is 1. The molecule has 1 aromatic rings. The van der Waals surface area contributed by atoms with Crippen LogP contribution >= 0.6 is 11.3 Å². The lowest BCUT2D eigenvalue weighted by Gasteiger charge is -2.21. The van der Waals surface area contributed by atoms with Crippen molar-refractivity contribution in [3.05, 3.63) is 21.4 Å². The van der Waals surface area contributed by atoms with E-state index in [9.17, 15) is 0 Å². The second-order valence-corrected chi connectivity index (χ2v) is 8.29. The molecule has 104 valence electrons. The van der Waals surface area contributed by atoms with Gasteiger partial charge in [-0.2, -0.15) is 0 Å². The van der Waals surface area contributed by atoms with E-state index in [2.05, 4.69) is 32.2 Å². The van der Waals surface area contributed by atoms with Crippen molar-refractivity contribution in [1.82, 2.24) is 5.32 Å². The van der Waals surface area contributed by atoms with E-state index in [1.54, 1.807) is 11.3 Å². The van der Waals surface area contributed by atoms with Gasteiger partial charge >= 0.3 is 0 Å². The molecule has 2 bridgehead atoms. The zero-order chi connectivity index (χ0) is 13.1. The van der Waals surface area contributed by atoms with Crippen molar-refractivity contribution in [2.75, 3.05) is 6.54 Å². The molecule has 1 N–H and O–H groups in total. The Morgan fingerprint density at radius 2 is 1.95 bits per heavy atom. The summed E-state index contributed by atoms with van der Waals surface area (Å²) in [6.07, 6.45) is 4.63. The topological polar surface area (TPSA) is 12.0 Å². The Morgan fingerprint density at radius 1 is 1.26 bits per heavy atom. The fourth-order valence-electron chi connectivity index (χ4n) is 5.43. The van der Waals surface area contributed by atoms with E-state index in [4.69, 9.17) is 0 Å². The minimum absolute atomic E-state index is 0.655. The molecule has 0 amide bonds. The first-order valence-electron chi connectivity index (χ1n) is 8.01. The normalized spacial score (nSPS) is 40.5. The summed E-state index contributed by atoms with van der Waals surface area (Å²) in [6, 6.07) is 3.03. The number of nitrogens with one attached hydrogen (secondary N) is 1. The van der Waals surface area contributed by atoms with Crippen LogP contribution in [0, 0.1) is 43.4 Å². The Hall–Kier alpha value is -0.340. The predicted octanol–water partition coefficient (Wildman–Crippen LogP) is 4.31. The lowest BCUT2D eigenvalue weighted by molar-refractivity contribution is 0.377. The SMILES string of the molecule is CCNC(c1sc(C)cc1C)C1C2C3CCC(C3)C21. The zero-order valence-electron chi connectivity index (χ0n) is 12.3. The highest BCUT2D eigenvalue weighted by molar-refractivity contribution is 7.12. The summed E-state index contributed by atoms with van der Waals surface area (Å²) in [6.45, 7) is 7.92. The molecule has 0 spiro atoms. The highest BCUT2D eigenvalue weighted by Gasteiger charge is 2.66. The van der Waals surface area contributed by atoms with Crippen LogP contribution in [0.2, 0.25) is 0 Å². The summed E-state index contributed by atoms with van der Waals surface area (Å²) >= 11 is 2.03. The molecule has 19 heavy (non-hydrogen) atoms. The summed E-state index contributed by atoms with van der Waals surface area (Å²) in [7, 11) is 0. The molecule has 3 aliphatic rings. The van der Waals surface area contributed by atoms with Gasteiger partial charge in [-0.1, -0.05) is 6.92 Å². The molecular weight excluding hydrogens is 250 g/mol. The molecule has 0 radical (unpaired) electrons. The van der Waals surface area contributed by atoms with E-state index in [-0.39, 0.29) is 0 Å². The van der Waals surface area contributed by atoms with E-state index in [1.165, 1.54) is 23.3 Å². The van der Waals surface area contributed by atoms with Crippen LogP contribution in [0.4, 0.5) is 0 Å². The molecule has 0 aromatic carbocycles. The van der Waals surface area contributed by atoms with Gasteiger partial charge in [0.05, 0.1) is 0 Å². The maximum Gasteiger partial charge on any atom is 0.0451 e. The average Bonchev–Trinajstić information content (AvgIpc) is 2.70. The Balaban J connectivity index is 1.62. The van der Waals surface area contributed by atoms with Crippen molar-refractivity contribution < 1.29 is 0 Å². The first kappa shape index (κ1) is 12.4. The van der Waals surface area contributed by atoms with Gasteiger partial charge in [0, 0.05) is 15.8 Å². The molecule has 5 atom stereocenters. The molecule has 3 saturated carbocycles. The van der Waals surface area contributed by atoms with Gasteiger partial charge in [-0.25, -0.2) is 0 Å². The van der Waals surface area contributed by atoms with Gasteiger partial charge in [0.15, 0.2) is 0 Å². The fourth-order valence-corrected chi connectivity index (χ4v) is 6.60. The Morgan fingerprint density at radius 3 is 2.47 bits per heavy atom. The van der Waals surface area contributed by atoms with Crippen LogP contribution in [0.5, 0.6) is 0 Å². The number of rotatable bonds is 4. The highest BCUT2D eigenvalue weighted by Crippen LogP contribution is 2.72. The van der Waals surface area contributed by atoms with E-state index < -0.39 is 0 Å². The molecule has 0 aliphatic heterocycles. The third-order valence-corrected chi connectivity index (χ3v) is 7.20. The van der Waals surface area contributed by atoms with Gasteiger partial charge in [0.25, 0.3) is 0 Å². The first-order chi connectivity index (χ1) is 9.20. The van der Waals surface area contributed by atoms with Gasteiger partial charge in [0.1, 0.15) is 0 Å². The number of fused-ring (bicyclic) bond motifs is 5. The standard InChI is InChI=1S/C17H25NS/c1-4-18-16(17-9(2)7-10(3)19-17)15-13-11-5-6-12(8-11)14(13)15/h7,11-16,18H,4-6,8H2,1-3H3. The third kappa shape index (κ3) is 1.76. The highest BCUT2D eigenvalue weighted by atomic mass is 32.1. The average molecular weight is 275 g/mol. The first-order valence-corrected chi connectivity index (χ1v) is 8.82. The maximum absolute atomic E-state index is 3.82. The van der Waals surface area contributed by atoms with E-state index in [0.717, 1.165) is 36.1 Å². The van der Waals surface area contributed by atoms with Crippen LogP contribution in [0.25, 0.3) is 0 Å². The number of aryl methyl sites for hydroxylation is 2. The second-order valence-electron chi connectivity index (χ2n) is 7.00. The maximum atomic E-state index is 3.82. The Bertz CT molecular complexity index is 475. The fraction of sp³-hybridized carbons (Fsp3) is 0.765. The molecule has 3 fully saturated rings. The number of thiophene rings is 1. The van der Waals surface area contributed by atoms with Gasteiger partial charge in [-0.3, -0.25) is 0 Å². The van der Waals surface area contributed by atoms with Crippen LogP contribution in [-0.2, 0) is 0 Å². The van der Waals surface area contributed by atoms with Crippen LogP contribution in [-0.4, -0.2) is 6.54 Å². The van der Waals surface area contributed by atoms with Crippen LogP contribution in [0.3, 0.4) is 0 Å². The minimum Gasteiger partial charge on any atom is -0.309 e. The minimum atomic E-state index is 0.655. The Kier molecular flexibility index (Phi) is 2.82. The Labute approximate surface area is 120 Å². The largest absolute Gasteiger partial charge is 0.309 e. The molecule has 2 heteroatoms. The van der Waals surface area contributed by atoms with Crippen molar-refractivity contribution >= 4 is 11.3 Å². The lowest BCUT2D eigenvalue weighted by atomic mass is 9.95. The van der Waals surface area contributed by atoms with Crippen molar-refractivity contribution in [1.29, 1.82) is 0 Å². The predicted molar refractivity (Wildman–Crippen MR) is 81.5 cm³/mol. The second kappa shape index (κ2) is 4.33. The molecule has 4 rings (SSSR count). The monoisotopic (exact) mass is 275 g/mol. The molecule has 1 aromatic heterocycles. The van der Waals surface area contributed by atoms with Crippen LogP contribution in [0.1, 0.15) is 47.5 Å². The van der Waals surface area contributed by atoms with Gasteiger partial charge < -0.3 is 5.32 Å². The van der Waals surface area contributed by atoms with E-state index in [1.807, 2.05) is 11.3 Å². The summed E-state index contributed by atoms with van der Waals surface area (Å²) in [4.78, 5) is 3.11. The summed E-state index contributed by atoms with van der Waals surface area (Å²) < 4.78 is 0. The van der Waals surface area contributed by atoms with Crippen LogP contribution in [0.15, 0.2) is 6.07 Å². The third-order valence-electron chi connectivity index (χ3n) is 5.97. The molecule has 1 heterocycles. The quantitative estimate of drug-likeness (QED) is 0.863. The van der Waals surface area contributed by atoms with Gasteiger partial charge in [-0.15, -0.1) is 11.3 Å². The molecular formula is C17H25NS. The lowest BCUT2D eigenvalue weighted by Crippen LogP contribution is -2.25. The van der Waals surface area contributed by atoms with E-state index in [0.29, 0.717) is 6.04 Å². The van der Waals surface area contributed by atoms with Crippen molar-refractivity contribution in [3.63, 3.8) is 0 Å². The molecule has 0 saturated heterocycles. The smallest absolute Gasteiger partial charge is 0.0451 e. The van der Waals surface area contributed by atoms with Crippen LogP contribution < -0.4 is 5.32 Å². The summed E-state index contributed by atoms with van der Waals surface area (Å²) in [5.41, 5.74) is 1.52. The summed E-state index contributed by atoms with van der Waals surface area (Å²) in [5.74, 6) is 5.28. The molecule has 3 aliphatic carbocycles. The molecule has 5 unspecified atom stereocenters. The van der Waals surface area contributed by atoms with Gasteiger partial charge in [-0.05, 0) is 80.9 Å². The van der Waals surface area contributed by atoms with E-state index >= 15 is 0 Å².